The predicted octanol–water partition coefficient (Wildman–Crippen LogP) is 4.29. The van der Waals surface area contributed by atoms with Crippen LogP contribution in [0.4, 0.5) is 0 Å². The maximum absolute atomic E-state index is 11.4. The number of hydrogen-bond acceptors (Lipinski definition) is 3. The molecule has 1 saturated heterocycles. The minimum atomic E-state index is -0.694. The minimum absolute atomic E-state index is 0.0841. The Hall–Kier alpha value is -1.36. The molecule has 2 unspecified atom stereocenters. The zero-order chi connectivity index (χ0) is 15.5. The van der Waals surface area contributed by atoms with E-state index in [9.17, 15) is 9.90 Å². The number of carbonyl (C=O) groups is 1. The molecule has 1 aromatic heterocycles. The van der Waals surface area contributed by atoms with Crippen molar-refractivity contribution in [1.29, 1.82) is 0 Å². The third-order valence-corrected chi connectivity index (χ3v) is 5.30. The number of likely N-dealkylation sites (tertiary alicyclic amines) is 1. The van der Waals surface area contributed by atoms with Crippen molar-refractivity contribution in [2.45, 2.75) is 18.9 Å². The maximum atomic E-state index is 11.4. The van der Waals surface area contributed by atoms with Gasteiger partial charge in [-0.15, -0.1) is 11.3 Å². The van der Waals surface area contributed by atoms with E-state index >= 15 is 0 Å². The summed E-state index contributed by atoms with van der Waals surface area (Å²) in [7, 11) is 0. The van der Waals surface area contributed by atoms with Gasteiger partial charge in [0.1, 0.15) is 0 Å². The highest BCUT2D eigenvalue weighted by Crippen LogP contribution is 2.35. The molecule has 0 radical (unpaired) electrons. The summed E-state index contributed by atoms with van der Waals surface area (Å²) < 4.78 is 0. The topological polar surface area (TPSA) is 40.5 Å². The third kappa shape index (κ3) is 3.35. The Morgan fingerprint density at radius 3 is 2.91 bits per heavy atom. The van der Waals surface area contributed by atoms with Crippen LogP contribution >= 0.6 is 22.9 Å². The van der Waals surface area contributed by atoms with Gasteiger partial charge in [0, 0.05) is 16.4 Å². The van der Waals surface area contributed by atoms with E-state index in [0.29, 0.717) is 11.6 Å². The fraction of sp³-hybridized carbons (Fsp3) is 0.353. The Morgan fingerprint density at radius 1 is 1.36 bits per heavy atom. The molecule has 1 N–H and O–H groups in total. The van der Waals surface area contributed by atoms with Gasteiger partial charge >= 0.3 is 5.97 Å². The van der Waals surface area contributed by atoms with Crippen LogP contribution in [0.2, 0.25) is 5.02 Å². The number of benzene rings is 1. The van der Waals surface area contributed by atoms with E-state index < -0.39 is 5.97 Å². The highest BCUT2D eigenvalue weighted by molar-refractivity contribution is 7.10. The summed E-state index contributed by atoms with van der Waals surface area (Å²) >= 11 is 7.86. The SMILES string of the molecule is O=C(O)C1CCCN(C(c2cccc(Cl)c2)c2cccs2)C1. The van der Waals surface area contributed by atoms with Crippen LogP contribution in [0.1, 0.15) is 29.3 Å². The normalized spacial score (nSPS) is 20.7. The van der Waals surface area contributed by atoms with E-state index in [-0.39, 0.29) is 12.0 Å². The first kappa shape index (κ1) is 15.5. The second kappa shape index (κ2) is 6.82. The molecule has 0 amide bonds. The van der Waals surface area contributed by atoms with Crippen molar-refractivity contribution in [2.75, 3.05) is 13.1 Å². The Morgan fingerprint density at radius 2 is 2.23 bits per heavy atom. The standard InChI is InChI=1S/C17H18ClNO2S/c18-14-6-1-4-12(10-14)16(15-7-3-9-22-15)19-8-2-5-13(11-19)17(20)21/h1,3-4,6-7,9-10,13,16H,2,5,8,11H2,(H,20,21). The first-order chi connectivity index (χ1) is 10.6. The number of aliphatic carboxylic acids is 1. The highest BCUT2D eigenvalue weighted by atomic mass is 35.5. The van der Waals surface area contributed by atoms with E-state index in [1.54, 1.807) is 11.3 Å². The Bertz CT molecular complexity index is 644. The number of thiophene rings is 1. The van der Waals surface area contributed by atoms with Gasteiger partial charge < -0.3 is 5.11 Å². The summed E-state index contributed by atoms with van der Waals surface area (Å²) in [5.41, 5.74) is 1.13. The summed E-state index contributed by atoms with van der Waals surface area (Å²) in [6.07, 6.45) is 1.68. The lowest BCUT2D eigenvalue weighted by Gasteiger charge is -2.37. The maximum Gasteiger partial charge on any atom is 0.307 e. The molecule has 1 aliphatic heterocycles. The summed E-state index contributed by atoms with van der Waals surface area (Å²) in [4.78, 5) is 14.9. The molecule has 3 rings (SSSR count). The Kier molecular flexibility index (Phi) is 4.81. The van der Waals surface area contributed by atoms with Crippen molar-refractivity contribution in [2.24, 2.45) is 5.92 Å². The molecule has 3 nitrogen and oxygen atoms in total. The highest BCUT2D eigenvalue weighted by Gasteiger charge is 2.31. The van der Waals surface area contributed by atoms with Crippen molar-refractivity contribution in [3.63, 3.8) is 0 Å². The van der Waals surface area contributed by atoms with Gasteiger partial charge in [0.15, 0.2) is 0 Å². The fourth-order valence-electron chi connectivity index (χ4n) is 3.12. The van der Waals surface area contributed by atoms with E-state index in [4.69, 9.17) is 11.6 Å². The Balaban J connectivity index is 1.94. The number of nitrogens with zero attached hydrogens (tertiary/aromatic N) is 1. The monoisotopic (exact) mass is 335 g/mol. The molecule has 1 aliphatic rings. The van der Waals surface area contributed by atoms with Crippen LogP contribution in [0.5, 0.6) is 0 Å². The molecule has 1 aromatic carbocycles. The van der Waals surface area contributed by atoms with E-state index in [1.165, 1.54) is 4.88 Å². The smallest absolute Gasteiger partial charge is 0.307 e. The molecule has 2 aromatic rings. The minimum Gasteiger partial charge on any atom is -0.481 e. The molecule has 0 spiro atoms. The molecule has 2 atom stereocenters. The summed E-state index contributed by atoms with van der Waals surface area (Å²) in [5.74, 6) is -0.976. The van der Waals surface area contributed by atoms with E-state index in [0.717, 1.165) is 24.9 Å². The van der Waals surface area contributed by atoms with E-state index in [1.807, 2.05) is 24.3 Å². The van der Waals surface area contributed by atoms with Crippen LogP contribution in [0, 0.1) is 5.92 Å². The first-order valence-electron chi connectivity index (χ1n) is 7.41. The molecule has 116 valence electrons. The van der Waals surface area contributed by atoms with Crippen LogP contribution in [0.3, 0.4) is 0 Å². The lowest BCUT2D eigenvalue weighted by Crippen LogP contribution is -2.41. The number of carboxylic acids is 1. The van der Waals surface area contributed by atoms with Crippen LogP contribution in [-0.2, 0) is 4.79 Å². The lowest BCUT2D eigenvalue weighted by molar-refractivity contribution is -0.143. The lowest BCUT2D eigenvalue weighted by atomic mass is 9.94. The van der Waals surface area contributed by atoms with Crippen LogP contribution in [0.15, 0.2) is 41.8 Å². The molecular formula is C17H18ClNO2S. The molecule has 5 heteroatoms. The number of piperidine rings is 1. The van der Waals surface area contributed by atoms with Gasteiger partial charge in [-0.3, -0.25) is 9.69 Å². The summed E-state index contributed by atoms with van der Waals surface area (Å²) in [5, 5.41) is 12.1. The zero-order valence-electron chi connectivity index (χ0n) is 12.1. The van der Waals surface area contributed by atoms with Gasteiger partial charge in [-0.25, -0.2) is 0 Å². The largest absolute Gasteiger partial charge is 0.481 e. The van der Waals surface area contributed by atoms with E-state index in [2.05, 4.69) is 22.4 Å². The number of halogens is 1. The number of hydrogen-bond donors (Lipinski definition) is 1. The van der Waals surface area contributed by atoms with Gasteiger partial charge in [-0.1, -0.05) is 29.8 Å². The number of rotatable bonds is 4. The van der Waals surface area contributed by atoms with Crippen molar-refractivity contribution < 1.29 is 9.90 Å². The van der Waals surface area contributed by atoms with Crippen molar-refractivity contribution in [3.8, 4) is 0 Å². The predicted molar refractivity (Wildman–Crippen MR) is 89.5 cm³/mol. The first-order valence-corrected chi connectivity index (χ1v) is 8.66. The van der Waals surface area contributed by atoms with Crippen LogP contribution in [-0.4, -0.2) is 29.1 Å². The average molecular weight is 336 g/mol. The molecule has 0 aliphatic carbocycles. The van der Waals surface area contributed by atoms with Gasteiger partial charge in [0.2, 0.25) is 0 Å². The summed E-state index contributed by atoms with van der Waals surface area (Å²) in [6.45, 7) is 1.50. The molecular weight excluding hydrogens is 318 g/mol. The third-order valence-electron chi connectivity index (χ3n) is 4.14. The fourth-order valence-corrected chi connectivity index (χ4v) is 4.21. The molecule has 0 saturated carbocycles. The van der Waals surface area contributed by atoms with Gasteiger partial charge in [-0.05, 0) is 48.5 Å². The van der Waals surface area contributed by atoms with Crippen molar-refractivity contribution in [3.05, 3.63) is 57.2 Å². The van der Waals surface area contributed by atoms with Gasteiger partial charge in [0.25, 0.3) is 0 Å². The second-order valence-corrected chi connectivity index (χ2v) is 7.06. The van der Waals surface area contributed by atoms with Crippen molar-refractivity contribution in [1.82, 2.24) is 4.90 Å². The van der Waals surface area contributed by atoms with Gasteiger partial charge in [-0.2, -0.15) is 0 Å². The second-order valence-electron chi connectivity index (χ2n) is 5.65. The average Bonchev–Trinajstić information content (AvgIpc) is 3.02. The van der Waals surface area contributed by atoms with Gasteiger partial charge in [0.05, 0.1) is 12.0 Å². The quantitative estimate of drug-likeness (QED) is 0.906. The zero-order valence-corrected chi connectivity index (χ0v) is 13.7. The van der Waals surface area contributed by atoms with Crippen molar-refractivity contribution >= 4 is 28.9 Å². The Labute approximate surface area is 139 Å². The molecule has 2 heterocycles. The molecule has 0 bridgehead atoms. The van der Waals surface area contributed by atoms with Crippen LogP contribution in [0.25, 0.3) is 0 Å². The van der Waals surface area contributed by atoms with Crippen LogP contribution < -0.4 is 0 Å². The molecule has 22 heavy (non-hydrogen) atoms. The summed E-state index contributed by atoms with van der Waals surface area (Å²) in [6, 6.07) is 12.1. The number of carboxylic acid groups (broad SMARTS) is 1. The molecule has 1 fully saturated rings.